The maximum absolute atomic E-state index is 13.0. The highest BCUT2D eigenvalue weighted by molar-refractivity contribution is 5.99. The van der Waals surface area contributed by atoms with Gasteiger partial charge in [0.05, 0.1) is 43.8 Å². The first-order chi connectivity index (χ1) is 14.8. The largest absolute Gasteiger partial charge is 0.497 e. The molecule has 2 aromatic carbocycles. The number of nitrogens with zero attached hydrogens (tertiary/aromatic N) is 2. The highest BCUT2D eigenvalue weighted by atomic mass is 16.5. The maximum Gasteiger partial charge on any atom is 0.255 e. The highest BCUT2D eigenvalue weighted by Gasteiger charge is 2.24. The Kier molecular flexibility index (Phi) is 6.41. The number of carbonyl (C=O) groups excluding carboxylic acids is 1. The van der Waals surface area contributed by atoms with Crippen LogP contribution in [0.1, 0.15) is 22.0 Å². The van der Waals surface area contributed by atoms with Crippen LogP contribution in [0.3, 0.4) is 0 Å². The van der Waals surface area contributed by atoms with Gasteiger partial charge >= 0.3 is 0 Å². The number of hydrogen-bond donors (Lipinski definition) is 2. The number of nitrogens with one attached hydrogen (secondary N) is 2. The summed E-state index contributed by atoms with van der Waals surface area (Å²) in [7, 11) is 1.66. The molecule has 0 aliphatic carbocycles. The number of H-pyrrole nitrogens is 1. The van der Waals surface area contributed by atoms with Crippen LogP contribution in [0.15, 0.2) is 60.8 Å². The van der Waals surface area contributed by atoms with E-state index >= 15 is 0 Å². The van der Waals surface area contributed by atoms with Gasteiger partial charge in [-0.1, -0.05) is 42.5 Å². The summed E-state index contributed by atoms with van der Waals surface area (Å²) < 4.78 is 10.8. The first-order valence-electron chi connectivity index (χ1n) is 10.1. The molecule has 1 atom stereocenters. The number of benzene rings is 2. The third-order valence-electron chi connectivity index (χ3n) is 5.39. The van der Waals surface area contributed by atoms with Gasteiger partial charge < -0.3 is 14.8 Å². The van der Waals surface area contributed by atoms with Gasteiger partial charge in [0.15, 0.2) is 0 Å². The topological polar surface area (TPSA) is 79.5 Å². The van der Waals surface area contributed by atoms with Crippen molar-refractivity contribution in [2.45, 2.75) is 6.04 Å². The number of carbonyl (C=O) groups is 1. The van der Waals surface area contributed by atoms with Crippen molar-refractivity contribution in [3.63, 3.8) is 0 Å². The minimum atomic E-state index is -0.144. The lowest BCUT2D eigenvalue weighted by molar-refractivity contribution is 0.0162. The minimum Gasteiger partial charge on any atom is -0.497 e. The van der Waals surface area contributed by atoms with Crippen molar-refractivity contribution in [3.05, 3.63) is 71.9 Å². The summed E-state index contributed by atoms with van der Waals surface area (Å²) in [5.41, 5.74) is 3.32. The van der Waals surface area contributed by atoms with Gasteiger partial charge in [-0.05, 0) is 17.7 Å². The molecule has 1 aromatic heterocycles. The summed E-state index contributed by atoms with van der Waals surface area (Å²) >= 11 is 0. The lowest BCUT2D eigenvalue weighted by atomic mass is 10.0. The zero-order chi connectivity index (χ0) is 20.8. The molecule has 7 nitrogen and oxygen atoms in total. The standard InChI is InChI=1S/C23H26N4O3/c1-29-19-9-7-17(8-10-19)21(27-11-13-30-14-12-27)16-24-23(28)20-15-25-26-22(20)18-5-3-2-4-6-18/h2-10,15,21H,11-14,16H2,1H3,(H,24,28)(H,25,26)/t21-/m1/s1. The molecule has 1 aliphatic rings. The Morgan fingerprint density at radius 3 is 2.60 bits per heavy atom. The molecule has 0 radical (unpaired) electrons. The number of ether oxygens (including phenoxy) is 2. The second-order valence-electron chi connectivity index (χ2n) is 7.17. The molecule has 4 rings (SSSR count). The third kappa shape index (κ3) is 4.53. The van der Waals surface area contributed by atoms with E-state index in [-0.39, 0.29) is 11.9 Å². The van der Waals surface area contributed by atoms with Crippen molar-refractivity contribution >= 4 is 5.91 Å². The second kappa shape index (κ2) is 9.56. The molecule has 2 N–H and O–H groups in total. The van der Waals surface area contributed by atoms with Crippen LogP contribution in [0.2, 0.25) is 0 Å². The van der Waals surface area contributed by atoms with E-state index < -0.39 is 0 Å². The molecular weight excluding hydrogens is 380 g/mol. The van der Waals surface area contributed by atoms with Crippen LogP contribution in [0, 0.1) is 0 Å². The number of methoxy groups -OCH3 is 1. The van der Waals surface area contributed by atoms with E-state index in [2.05, 4.69) is 32.5 Å². The molecule has 0 unspecified atom stereocenters. The third-order valence-corrected chi connectivity index (χ3v) is 5.39. The van der Waals surface area contributed by atoms with Gasteiger partial charge in [-0.3, -0.25) is 14.8 Å². The van der Waals surface area contributed by atoms with Crippen LogP contribution in [0.25, 0.3) is 11.3 Å². The summed E-state index contributed by atoms with van der Waals surface area (Å²) in [4.78, 5) is 15.3. The summed E-state index contributed by atoms with van der Waals surface area (Å²) in [6.45, 7) is 3.53. The molecule has 1 fully saturated rings. The van der Waals surface area contributed by atoms with Gasteiger partial charge in [-0.2, -0.15) is 5.10 Å². The normalized spacial score (nSPS) is 15.5. The summed E-state index contributed by atoms with van der Waals surface area (Å²) in [5, 5.41) is 10.1. The zero-order valence-electron chi connectivity index (χ0n) is 17.0. The average molecular weight is 406 g/mol. The van der Waals surface area contributed by atoms with Crippen molar-refractivity contribution in [1.82, 2.24) is 20.4 Å². The first-order valence-corrected chi connectivity index (χ1v) is 10.1. The fourth-order valence-electron chi connectivity index (χ4n) is 3.74. The molecule has 0 saturated carbocycles. The number of morpholine rings is 1. The van der Waals surface area contributed by atoms with Crippen LogP contribution < -0.4 is 10.1 Å². The summed E-state index contributed by atoms with van der Waals surface area (Å²) in [6, 6.07) is 17.8. The van der Waals surface area contributed by atoms with Crippen molar-refractivity contribution < 1.29 is 14.3 Å². The molecular formula is C23H26N4O3. The van der Waals surface area contributed by atoms with Gasteiger partial charge in [0.1, 0.15) is 5.75 Å². The Morgan fingerprint density at radius 2 is 1.90 bits per heavy atom. The van der Waals surface area contributed by atoms with Gasteiger partial charge in [0.2, 0.25) is 0 Å². The fraction of sp³-hybridized carbons (Fsp3) is 0.304. The van der Waals surface area contributed by atoms with E-state index in [1.54, 1.807) is 13.3 Å². The SMILES string of the molecule is COc1ccc([C@@H](CNC(=O)c2cn[nH]c2-c2ccccc2)N2CCOCC2)cc1. The minimum absolute atomic E-state index is 0.0517. The quantitative estimate of drug-likeness (QED) is 0.631. The molecule has 1 amide bonds. The molecule has 0 spiro atoms. The number of amides is 1. The second-order valence-corrected chi connectivity index (χ2v) is 7.17. The van der Waals surface area contributed by atoms with Crippen LogP contribution in [0.5, 0.6) is 5.75 Å². The van der Waals surface area contributed by atoms with Gasteiger partial charge in [0.25, 0.3) is 5.91 Å². The smallest absolute Gasteiger partial charge is 0.255 e. The van der Waals surface area contributed by atoms with Crippen LogP contribution in [-0.4, -0.2) is 61.0 Å². The monoisotopic (exact) mass is 406 g/mol. The Hall–Kier alpha value is -3.16. The number of hydrogen-bond acceptors (Lipinski definition) is 5. The number of rotatable bonds is 7. The predicted octanol–water partition coefficient (Wildman–Crippen LogP) is 2.89. The number of aromatic amines is 1. The maximum atomic E-state index is 13.0. The van der Waals surface area contributed by atoms with Crippen molar-refractivity contribution in [2.24, 2.45) is 0 Å². The zero-order valence-corrected chi connectivity index (χ0v) is 17.0. The molecule has 2 heterocycles. The molecule has 0 bridgehead atoms. The lowest BCUT2D eigenvalue weighted by Crippen LogP contribution is -2.43. The predicted molar refractivity (Wildman–Crippen MR) is 114 cm³/mol. The Bertz CT molecular complexity index is 950. The first kappa shape index (κ1) is 20.1. The Morgan fingerprint density at radius 1 is 1.17 bits per heavy atom. The van der Waals surface area contributed by atoms with E-state index in [1.807, 2.05) is 42.5 Å². The van der Waals surface area contributed by atoms with Crippen LogP contribution in [0.4, 0.5) is 0 Å². The lowest BCUT2D eigenvalue weighted by Gasteiger charge is -2.35. The van der Waals surface area contributed by atoms with E-state index in [0.29, 0.717) is 25.3 Å². The molecule has 30 heavy (non-hydrogen) atoms. The molecule has 156 valence electrons. The average Bonchev–Trinajstić information content (AvgIpc) is 3.31. The van der Waals surface area contributed by atoms with Crippen molar-refractivity contribution in [2.75, 3.05) is 40.0 Å². The number of aromatic nitrogens is 2. The fourth-order valence-corrected chi connectivity index (χ4v) is 3.74. The van der Waals surface area contributed by atoms with E-state index in [1.165, 1.54) is 0 Å². The van der Waals surface area contributed by atoms with Crippen molar-refractivity contribution in [1.29, 1.82) is 0 Å². The van der Waals surface area contributed by atoms with Gasteiger partial charge in [0, 0.05) is 25.2 Å². The van der Waals surface area contributed by atoms with Crippen LogP contribution in [-0.2, 0) is 4.74 Å². The summed E-state index contributed by atoms with van der Waals surface area (Å²) in [6.07, 6.45) is 1.58. The molecule has 7 heteroatoms. The highest BCUT2D eigenvalue weighted by Crippen LogP contribution is 2.25. The van der Waals surface area contributed by atoms with E-state index in [4.69, 9.17) is 9.47 Å². The molecule has 3 aromatic rings. The Balaban J connectivity index is 1.51. The molecule has 1 aliphatic heterocycles. The molecule has 1 saturated heterocycles. The summed E-state index contributed by atoms with van der Waals surface area (Å²) in [5.74, 6) is 0.670. The Labute approximate surface area is 176 Å². The van der Waals surface area contributed by atoms with Gasteiger partial charge in [-0.25, -0.2) is 0 Å². The van der Waals surface area contributed by atoms with Crippen LogP contribution >= 0.6 is 0 Å². The van der Waals surface area contributed by atoms with E-state index in [0.717, 1.165) is 35.7 Å². The van der Waals surface area contributed by atoms with Crippen molar-refractivity contribution in [3.8, 4) is 17.0 Å². The van der Waals surface area contributed by atoms with Gasteiger partial charge in [-0.15, -0.1) is 0 Å². The van der Waals surface area contributed by atoms with E-state index in [9.17, 15) is 4.79 Å².